The molecule has 0 aliphatic heterocycles. The Balaban J connectivity index is 2.23. The highest BCUT2D eigenvalue weighted by Gasteiger charge is 2.11. The Morgan fingerprint density at radius 3 is 2.70 bits per heavy atom. The minimum absolute atomic E-state index is 0.274. The number of benzene rings is 1. The van der Waals surface area contributed by atoms with Crippen molar-refractivity contribution in [2.24, 2.45) is 4.99 Å². The summed E-state index contributed by atoms with van der Waals surface area (Å²) in [6.45, 7) is 0.360. The number of methoxy groups -OCH3 is 1. The molecule has 0 radical (unpaired) electrons. The Bertz CT molecular complexity index is 602. The molecule has 6 heteroatoms. The van der Waals surface area contributed by atoms with Crippen molar-refractivity contribution in [2.75, 3.05) is 7.11 Å². The van der Waals surface area contributed by atoms with Crippen molar-refractivity contribution < 1.29 is 13.0 Å². The molecule has 2 rings (SSSR count). The van der Waals surface area contributed by atoms with E-state index in [2.05, 4.69) is 26.2 Å². The van der Waals surface area contributed by atoms with Crippen molar-refractivity contribution in [3.8, 4) is 5.88 Å². The molecule has 0 unspecified atom stereocenters. The number of hydrogen-bond acceptors (Lipinski definition) is 4. The molecule has 0 atom stereocenters. The number of hydrogen-bond donors (Lipinski definition) is 0. The largest absolute Gasteiger partial charge is 0.480 e. The van der Waals surface area contributed by atoms with Gasteiger partial charge in [0, 0.05) is 6.20 Å². The van der Waals surface area contributed by atoms with E-state index >= 15 is 0 Å². The third-order valence-electron chi connectivity index (χ3n) is 2.59. The standard InChI is InChI=1S/C14H12BrFN2O2/c1-19-13-12(3-2-8-17-13)14(20-15)18-9-10-4-6-11(16)7-5-10/h2-8H,9H2,1H3. The number of nitrogens with zero attached hydrogens (tertiary/aromatic N) is 2. The van der Waals surface area contributed by atoms with Crippen LogP contribution < -0.4 is 4.74 Å². The fourth-order valence-corrected chi connectivity index (χ4v) is 1.90. The fourth-order valence-electron chi connectivity index (χ4n) is 1.62. The maximum absolute atomic E-state index is 12.8. The zero-order valence-electron chi connectivity index (χ0n) is 10.7. The first-order valence-corrected chi connectivity index (χ1v) is 6.46. The van der Waals surface area contributed by atoms with Crippen LogP contribution in [0, 0.1) is 5.82 Å². The van der Waals surface area contributed by atoms with Crippen LogP contribution in [-0.2, 0) is 10.4 Å². The lowest BCUT2D eigenvalue weighted by Crippen LogP contribution is -2.05. The molecule has 0 amide bonds. The molecular weight excluding hydrogens is 327 g/mol. The zero-order valence-corrected chi connectivity index (χ0v) is 12.3. The van der Waals surface area contributed by atoms with Crippen molar-refractivity contribution in [3.63, 3.8) is 0 Å². The number of ether oxygens (including phenoxy) is 1. The molecule has 1 heterocycles. The molecule has 0 aliphatic rings. The smallest absolute Gasteiger partial charge is 0.235 e. The molecule has 0 fully saturated rings. The molecular formula is C14H12BrFN2O2. The van der Waals surface area contributed by atoms with Gasteiger partial charge in [-0.3, -0.25) is 0 Å². The van der Waals surface area contributed by atoms with Crippen LogP contribution in [-0.4, -0.2) is 18.0 Å². The summed E-state index contributed by atoms with van der Waals surface area (Å²) >= 11 is 2.93. The molecule has 0 spiro atoms. The highest BCUT2D eigenvalue weighted by atomic mass is 79.9. The third kappa shape index (κ3) is 3.54. The predicted octanol–water partition coefficient (Wildman–Crippen LogP) is 3.50. The van der Waals surface area contributed by atoms with Gasteiger partial charge in [-0.2, -0.15) is 0 Å². The van der Waals surface area contributed by atoms with Gasteiger partial charge in [0.2, 0.25) is 11.8 Å². The minimum atomic E-state index is -0.274. The van der Waals surface area contributed by atoms with Gasteiger partial charge in [-0.1, -0.05) is 12.1 Å². The molecule has 0 saturated carbocycles. The first-order chi connectivity index (χ1) is 9.74. The topological polar surface area (TPSA) is 43.7 Å². The molecule has 0 saturated heterocycles. The van der Waals surface area contributed by atoms with Crippen LogP contribution in [0.5, 0.6) is 5.88 Å². The van der Waals surface area contributed by atoms with Crippen LogP contribution in [0.4, 0.5) is 4.39 Å². The fraction of sp³-hybridized carbons (Fsp3) is 0.143. The summed E-state index contributed by atoms with van der Waals surface area (Å²) < 4.78 is 23.1. The van der Waals surface area contributed by atoms with Crippen molar-refractivity contribution in [1.82, 2.24) is 4.98 Å². The quantitative estimate of drug-likeness (QED) is 0.633. The van der Waals surface area contributed by atoms with E-state index < -0.39 is 0 Å². The number of halogens is 2. The van der Waals surface area contributed by atoms with Gasteiger partial charge in [-0.15, -0.1) is 0 Å². The summed E-state index contributed by atoms with van der Waals surface area (Å²) in [5.41, 5.74) is 1.50. The van der Waals surface area contributed by atoms with E-state index in [1.54, 1.807) is 30.5 Å². The van der Waals surface area contributed by atoms with Crippen LogP contribution in [0.2, 0.25) is 0 Å². The highest BCUT2D eigenvalue weighted by Crippen LogP contribution is 2.17. The number of rotatable bonds is 4. The average molecular weight is 339 g/mol. The molecule has 0 aliphatic carbocycles. The summed E-state index contributed by atoms with van der Waals surface area (Å²) in [4.78, 5) is 8.41. The summed E-state index contributed by atoms with van der Waals surface area (Å²) in [7, 11) is 1.53. The van der Waals surface area contributed by atoms with Gasteiger partial charge >= 0.3 is 0 Å². The molecule has 1 aromatic carbocycles. The lowest BCUT2D eigenvalue weighted by molar-refractivity contribution is 0.395. The molecule has 20 heavy (non-hydrogen) atoms. The van der Waals surface area contributed by atoms with Gasteiger partial charge in [0.15, 0.2) is 16.3 Å². The van der Waals surface area contributed by atoms with E-state index in [9.17, 15) is 4.39 Å². The number of aromatic nitrogens is 1. The first-order valence-electron chi connectivity index (χ1n) is 5.81. The van der Waals surface area contributed by atoms with Gasteiger partial charge in [0.1, 0.15) is 5.82 Å². The van der Waals surface area contributed by atoms with Crippen molar-refractivity contribution in [2.45, 2.75) is 6.54 Å². The van der Waals surface area contributed by atoms with Gasteiger partial charge < -0.3 is 8.57 Å². The van der Waals surface area contributed by atoms with Crippen LogP contribution in [0.25, 0.3) is 0 Å². The van der Waals surface area contributed by atoms with Gasteiger partial charge in [-0.25, -0.2) is 14.4 Å². The monoisotopic (exact) mass is 338 g/mol. The predicted molar refractivity (Wildman–Crippen MR) is 77.4 cm³/mol. The zero-order chi connectivity index (χ0) is 14.4. The molecule has 0 bridgehead atoms. The second kappa shape index (κ2) is 7.00. The second-order valence-electron chi connectivity index (χ2n) is 3.89. The van der Waals surface area contributed by atoms with E-state index in [1.165, 1.54) is 19.2 Å². The number of pyridine rings is 1. The molecule has 1 aromatic heterocycles. The number of aliphatic imine (C=N–C) groups is 1. The van der Waals surface area contributed by atoms with Crippen LogP contribution in [0.3, 0.4) is 0 Å². The van der Waals surface area contributed by atoms with E-state index in [1.807, 2.05) is 0 Å². The Morgan fingerprint density at radius 2 is 2.05 bits per heavy atom. The van der Waals surface area contributed by atoms with Crippen molar-refractivity contribution in [1.29, 1.82) is 0 Å². The average Bonchev–Trinajstić information content (AvgIpc) is 2.50. The Morgan fingerprint density at radius 1 is 1.30 bits per heavy atom. The van der Waals surface area contributed by atoms with Crippen molar-refractivity contribution in [3.05, 3.63) is 59.5 Å². The Hall–Kier alpha value is -1.95. The Labute approximate surface area is 124 Å². The van der Waals surface area contributed by atoms with Crippen molar-refractivity contribution >= 4 is 22.2 Å². The summed E-state index contributed by atoms with van der Waals surface area (Å²) in [5.74, 6) is 0.493. The Kier molecular flexibility index (Phi) is 5.06. The SMILES string of the molecule is COc1ncccc1C(=NCc1ccc(F)cc1)OBr. The van der Waals surface area contributed by atoms with Gasteiger partial charge in [0.05, 0.1) is 19.2 Å². The molecule has 2 aromatic rings. The highest BCUT2D eigenvalue weighted by molar-refractivity contribution is 9.06. The summed E-state index contributed by atoms with van der Waals surface area (Å²) in [5, 5.41) is 0. The van der Waals surface area contributed by atoms with E-state index in [4.69, 9.17) is 8.57 Å². The van der Waals surface area contributed by atoms with Crippen LogP contribution >= 0.6 is 16.3 Å². The molecule has 0 N–H and O–H groups in total. The lowest BCUT2D eigenvalue weighted by Gasteiger charge is -2.07. The van der Waals surface area contributed by atoms with Crippen LogP contribution in [0.1, 0.15) is 11.1 Å². The van der Waals surface area contributed by atoms with Gasteiger partial charge in [-0.05, 0) is 29.8 Å². The molecule has 104 valence electrons. The van der Waals surface area contributed by atoms with Gasteiger partial charge in [0.25, 0.3) is 0 Å². The maximum Gasteiger partial charge on any atom is 0.235 e. The molecule has 4 nitrogen and oxygen atoms in total. The van der Waals surface area contributed by atoms with E-state index in [0.717, 1.165) is 5.56 Å². The van der Waals surface area contributed by atoms with E-state index in [-0.39, 0.29) is 5.82 Å². The summed E-state index contributed by atoms with van der Waals surface area (Å²) in [6.07, 6.45) is 1.62. The van der Waals surface area contributed by atoms with E-state index in [0.29, 0.717) is 23.9 Å². The lowest BCUT2D eigenvalue weighted by atomic mass is 10.2. The maximum atomic E-state index is 12.8. The third-order valence-corrected chi connectivity index (χ3v) is 2.89. The minimum Gasteiger partial charge on any atom is -0.480 e. The first kappa shape index (κ1) is 14.5. The second-order valence-corrected chi connectivity index (χ2v) is 4.21. The normalized spacial score (nSPS) is 11.2. The summed E-state index contributed by atoms with van der Waals surface area (Å²) in [6, 6.07) is 9.68. The van der Waals surface area contributed by atoms with Crippen LogP contribution in [0.15, 0.2) is 47.6 Å².